The lowest BCUT2D eigenvalue weighted by molar-refractivity contribution is -0.120. The number of amides is 1. The van der Waals surface area contributed by atoms with Crippen LogP contribution in [0.5, 0.6) is 11.5 Å². The third kappa shape index (κ3) is 4.55. The average molecular weight is 325 g/mol. The largest absolute Gasteiger partial charge is 0.493 e. The molecule has 1 amide bonds. The van der Waals surface area contributed by atoms with Crippen LogP contribution in [-0.4, -0.2) is 44.6 Å². The highest BCUT2D eigenvalue weighted by atomic mass is 32.2. The van der Waals surface area contributed by atoms with E-state index in [4.69, 9.17) is 14.2 Å². The molecule has 0 radical (unpaired) electrons. The topological polar surface area (TPSA) is 56.8 Å². The molecule has 5 nitrogen and oxygen atoms in total. The summed E-state index contributed by atoms with van der Waals surface area (Å²) in [6, 6.07) is 5.65. The first-order valence-electron chi connectivity index (χ1n) is 7.42. The van der Waals surface area contributed by atoms with Gasteiger partial charge in [0.05, 0.1) is 25.6 Å². The van der Waals surface area contributed by atoms with Crippen molar-refractivity contribution in [3.8, 4) is 11.5 Å². The molecular formula is C16H23NO4S. The number of hydrogen-bond donors (Lipinski definition) is 1. The normalized spacial score (nSPS) is 18.8. The zero-order valence-electron chi connectivity index (χ0n) is 13.3. The fraction of sp³-hybridized carbons (Fsp3) is 0.562. The lowest BCUT2D eigenvalue weighted by atomic mass is 10.2. The molecule has 0 aliphatic carbocycles. The fourth-order valence-corrected chi connectivity index (χ4v) is 3.23. The van der Waals surface area contributed by atoms with Crippen molar-refractivity contribution >= 4 is 17.7 Å². The summed E-state index contributed by atoms with van der Waals surface area (Å²) < 4.78 is 16.0. The molecule has 2 atom stereocenters. The number of carbonyl (C=O) groups is 1. The van der Waals surface area contributed by atoms with Gasteiger partial charge >= 0.3 is 0 Å². The van der Waals surface area contributed by atoms with Crippen LogP contribution in [0.15, 0.2) is 23.1 Å². The summed E-state index contributed by atoms with van der Waals surface area (Å²) in [5.41, 5.74) is 0. The number of carbonyl (C=O) groups excluding carboxylic acids is 1. The predicted octanol–water partition coefficient (Wildman–Crippen LogP) is 2.48. The molecule has 0 spiro atoms. The molecule has 2 rings (SSSR count). The Balaban J connectivity index is 1.87. The molecule has 1 N–H and O–H groups in total. The van der Waals surface area contributed by atoms with Crippen LogP contribution in [0.4, 0.5) is 0 Å². The predicted molar refractivity (Wildman–Crippen MR) is 86.8 cm³/mol. The number of methoxy groups -OCH3 is 2. The molecular weight excluding hydrogens is 302 g/mol. The van der Waals surface area contributed by atoms with Gasteiger partial charge in [-0.2, -0.15) is 0 Å². The molecule has 2 unspecified atom stereocenters. The fourth-order valence-electron chi connectivity index (χ4n) is 2.31. The van der Waals surface area contributed by atoms with Crippen LogP contribution in [0.3, 0.4) is 0 Å². The molecule has 1 saturated heterocycles. The van der Waals surface area contributed by atoms with E-state index in [0.717, 1.165) is 24.3 Å². The molecule has 0 saturated carbocycles. The molecule has 1 aliphatic rings. The molecule has 1 aromatic rings. The highest BCUT2D eigenvalue weighted by Crippen LogP contribution is 2.33. The van der Waals surface area contributed by atoms with Gasteiger partial charge in [-0.3, -0.25) is 4.79 Å². The summed E-state index contributed by atoms with van der Waals surface area (Å²) in [4.78, 5) is 13.1. The highest BCUT2D eigenvalue weighted by Gasteiger charge is 2.19. The summed E-state index contributed by atoms with van der Waals surface area (Å²) in [5, 5.41) is 2.77. The van der Waals surface area contributed by atoms with E-state index < -0.39 is 0 Å². The minimum atomic E-state index is -0.181. The standard InChI is InChI=1S/C16H23NO4S/c1-11(16(18)17-10-12-5-4-8-21-12)22-13-6-7-14(19-2)15(9-13)20-3/h6-7,9,11-12H,4-5,8,10H2,1-3H3,(H,17,18). The summed E-state index contributed by atoms with van der Waals surface area (Å²) in [7, 11) is 3.20. The summed E-state index contributed by atoms with van der Waals surface area (Å²) in [5.74, 6) is 1.37. The first-order valence-corrected chi connectivity index (χ1v) is 8.30. The second-order valence-corrected chi connectivity index (χ2v) is 6.57. The lowest BCUT2D eigenvalue weighted by Crippen LogP contribution is -2.36. The van der Waals surface area contributed by atoms with E-state index in [0.29, 0.717) is 18.0 Å². The smallest absolute Gasteiger partial charge is 0.233 e. The van der Waals surface area contributed by atoms with Crippen LogP contribution in [0.1, 0.15) is 19.8 Å². The van der Waals surface area contributed by atoms with E-state index in [2.05, 4.69) is 5.32 Å². The van der Waals surface area contributed by atoms with Crippen LogP contribution < -0.4 is 14.8 Å². The molecule has 6 heteroatoms. The van der Waals surface area contributed by atoms with Crippen molar-refractivity contribution in [1.29, 1.82) is 0 Å². The van der Waals surface area contributed by atoms with Gasteiger partial charge in [0, 0.05) is 18.0 Å². The number of thioether (sulfide) groups is 1. The maximum Gasteiger partial charge on any atom is 0.233 e. The highest BCUT2D eigenvalue weighted by molar-refractivity contribution is 8.00. The zero-order chi connectivity index (χ0) is 15.9. The van der Waals surface area contributed by atoms with Gasteiger partial charge in [-0.1, -0.05) is 0 Å². The second-order valence-electron chi connectivity index (χ2n) is 5.16. The average Bonchev–Trinajstić information content (AvgIpc) is 3.05. The number of hydrogen-bond acceptors (Lipinski definition) is 5. The second kappa shape index (κ2) is 8.29. The van der Waals surface area contributed by atoms with Crippen molar-refractivity contribution in [3.63, 3.8) is 0 Å². The third-order valence-electron chi connectivity index (χ3n) is 3.57. The maximum absolute atomic E-state index is 12.1. The van der Waals surface area contributed by atoms with E-state index in [1.54, 1.807) is 14.2 Å². The lowest BCUT2D eigenvalue weighted by Gasteiger charge is -2.15. The van der Waals surface area contributed by atoms with Gasteiger partial charge in [0.25, 0.3) is 0 Å². The maximum atomic E-state index is 12.1. The summed E-state index contributed by atoms with van der Waals surface area (Å²) in [6.07, 6.45) is 2.27. The van der Waals surface area contributed by atoms with Crippen molar-refractivity contribution < 1.29 is 19.0 Å². The van der Waals surface area contributed by atoms with E-state index >= 15 is 0 Å². The molecule has 1 aromatic carbocycles. The number of nitrogens with one attached hydrogen (secondary N) is 1. The summed E-state index contributed by atoms with van der Waals surface area (Å²) in [6.45, 7) is 3.29. The minimum Gasteiger partial charge on any atom is -0.493 e. The monoisotopic (exact) mass is 325 g/mol. The Hall–Kier alpha value is -1.40. The molecule has 122 valence electrons. The van der Waals surface area contributed by atoms with Gasteiger partial charge in [-0.15, -0.1) is 11.8 Å². The number of benzene rings is 1. The Bertz CT molecular complexity index is 503. The van der Waals surface area contributed by atoms with Crippen LogP contribution in [-0.2, 0) is 9.53 Å². The van der Waals surface area contributed by atoms with Crippen LogP contribution >= 0.6 is 11.8 Å². The zero-order valence-corrected chi connectivity index (χ0v) is 14.1. The number of ether oxygens (including phenoxy) is 3. The molecule has 22 heavy (non-hydrogen) atoms. The quantitative estimate of drug-likeness (QED) is 0.781. The Morgan fingerprint density at radius 3 is 2.82 bits per heavy atom. The SMILES string of the molecule is COc1ccc(SC(C)C(=O)NCC2CCCO2)cc1OC. The van der Waals surface area contributed by atoms with Crippen LogP contribution in [0, 0.1) is 0 Å². The molecule has 1 heterocycles. The molecule has 0 aromatic heterocycles. The van der Waals surface area contributed by atoms with Crippen molar-refractivity contribution in [2.75, 3.05) is 27.4 Å². The van der Waals surface area contributed by atoms with Gasteiger partial charge < -0.3 is 19.5 Å². The Labute approximate surface area is 135 Å². The molecule has 1 fully saturated rings. The van der Waals surface area contributed by atoms with Gasteiger partial charge in [-0.05, 0) is 38.0 Å². The van der Waals surface area contributed by atoms with E-state index in [9.17, 15) is 4.79 Å². The minimum absolute atomic E-state index is 0.0234. The van der Waals surface area contributed by atoms with Crippen molar-refractivity contribution in [2.24, 2.45) is 0 Å². The Morgan fingerprint density at radius 2 is 2.18 bits per heavy atom. The summed E-state index contributed by atoms with van der Waals surface area (Å²) >= 11 is 1.49. The first kappa shape index (κ1) is 17.0. The number of rotatable bonds is 7. The Morgan fingerprint density at radius 1 is 1.41 bits per heavy atom. The van der Waals surface area contributed by atoms with Gasteiger partial charge in [0.15, 0.2) is 11.5 Å². The van der Waals surface area contributed by atoms with Crippen LogP contribution in [0.25, 0.3) is 0 Å². The van der Waals surface area contributed by atoms with Crippen LogP contribution in [0.2, 0.25) is 0 Å². The van der Waals surface area contributed by atoms with Gasteiger partial charge in [0.2, 0.25) is 5.91 Å². The van der Waals surface area contributed by atoms with Crippen molar-refractivity contribution in [2.45, 2.75) is 36.0 Å². The van der Waals surface area contributed by atoms with E-state index in [-0.39, 0.29) is 17.3 Å². The first-order chi connectivity index (χ1) is 10.6. The van der Waals surface area contributed by atoms with Gasteiger partial charge in [-0.25, -0.2) is 0 Å². The molecule has 1 aliphatic heterocycles. The molecule has 0 bridgehead atoms. The van der Waals surface area contributed by atoms with Gasteiger partial charge in [0.1, 0.15) is 0 Å². The van der Waals surface area contributed by atoms with Crippen molar-refractivity contribution in [1.82, 2.24) is 5.32 Å². The van der Waals surface area contributed by atoms with E-state index in [1.165, 1.54) is 11.8 Å². The van der Waals surface area contributed by atoms with Crippen molar-refractivity contribution in [3.05, 3.63) is 18.2 Å². The third-order valence-corrected chi connectivity index (χ3v) is 4.66. The van der Waals surface area contributed by atoms with E-state index in [1.807, 2.05) is 25.1 Å². The Kier molecular flexibility index (Phi) is 6.39.